The van der Waals surface area contributed by atoms with Crippen LogP contribution in [0.4, 0.5) is 5.82 Å². The van der Waals surface area contributed by atoms with Gasteiger partial charge in [0, 0.05) is 18.9 Å². The van der Waals surface area contributed by atoms with E-state index < -0.39 is 0 Å². The van der Waals surface area contributed by atoms with Crippen LogP contribution in [0.15, 0.2) is 30.3 Å². The van der Waals surface area contributed by atoms with Gasteiger partial charge in [-0.3, -0.25) is 0 Å². The molecule has 21 heavy (non-hydrogen) atoms. The van der Waals surface area contributed by atoms with Crippen LogP contribution in [0.25, 0.3) is 0 Å². The molecule has 1 heterocycles. The fourth-order valence-corrected chi connectivity index (χ4v) is 2.73. The summed E-state index contributed by atoms with van der Waals surface area (Å²) in [5.41, 5.74) is 8.71. The van der Waals surface area contributed by atoms with Crippen LogP contribution < -0.4 is 5.73 Å². The Labute approximate surface area is 128 Å². The molecule has 0 aliphatic heterocycles. The minimum absolute atomic E-state index is 0.240. The van der Waals surface area contributed by atoms with Crippen molar-refractivity contribution in [3.8, 4) is 0 Å². The van der Waals surface area contributed by atoms with Crippen molar-refractivity contribution in [1.29, 1.82) is 0 Å². The van der Waals surface area contributed by atoms with Crippen LogP contribution in [0.1, 0.15) is 63.0 Å². The van der Waals surface area contributed by atoms with Crippen molar-refractivity contribution in [1.82, 2.24) is 9.55 Å². The number of hydrogen-bond donors (Lipinski definition) is 1. The van der Waals surface area contributed by atoms with E-state index in [1.807, 2.05) is 6.07 Å². The highest BCUT2D eigenvalue weighted by Crippen LogP contribution is 2.29. The number of nitrogens with zero attached hydrogens (tertiary/aromatic N) is 2. The first-order valence-corrected chi connectivity index (χ1v) is 8.08. The molecule has 0 radical (unpaired) electrons. The monoisotopic (exact) mass is 285 g/mol. The van der Waals surface area contributed by atoms with Crippen LogP contribution in [0.3, 0.4) is 0 Å². The second kappa shape index (κ2) is 7.30. The molecule has 0 bridgehead atoms. The highest BCUT2D eigenvalue weighted by molar-refractivity contribution is 5.44. The molecule has 2 aromatic rings. The lowest BCUT2D eigenvalue weighted by atomic mass is 9.98. The summed E-state index contributed by atoms with van der Waals surface area (Å²) in [5.74, 6) is 2.23. The molecule has 2 N–H and O–H groups in total. The lowest BCUT2D eigenvalue weighted by Gasteiger charge is -2.11. The molecule has 1 aromatic carbocycles. The van der Waals surface area contributed by atoms with Crippen LogP contribution in [-0.4, -0.2) is 9.55 Å². The lowest BCUT2D eigenvalue weighted by Crippen LogP contribution is -2.08. The maximum Gasteiger partial charge on any atom is 0.127 e. The van der Waals surface area contributed by atoms with Gasteiger partial charge in [-0.25, -0.2) is 4.98 Å². The maximum atomic E-state index is 6.41. The van der Waals surface area contributed by atoms with Crippen LogP contribution >= 0.6 is 0 Å². The summed E-state index contributed by atoms with van der Waals surface area (Å²) in [6.45, 7) is 7.57. The number of rotatable bonds is 7. The number of imidazole rings is 1. The molecular weight excluding hydrogens is 258 g/mol. The Hall–Kier alpha value is -1.77. The van der Waals surface area contributed by atoms with Gasteiger partial charge < -0.3 is 10.3 Å². The second-order valence-electron chi connectivity index (χ2n) is 5.69. The van der Waals surface area contributed by atoms with Gasteiger partial charge in [0.2, 0.25) is 0 Å². The molecule has 1 aromatic heterocycles. The van der Waals surface area contributed by atoms with Gasteiger partial charge in [0.05, 0.1) is 5.69 Å². The first kappa shape index (κ1) is 15.6. The van der Waals surface area contributed by atoms with Crippen molar-refractivity contribution < 1.29 is 0 Å². The van der Waals surface area contributed by atoms with Gasteiger partial charge >= 0.3 is 0 Å². The molecule has 0 saturated carbocycles. The van der Waals surface area contributed by atoms with E-state index in [0.717, 1.165) is 43.1 Å². The highest BCUT2D eigenvalue weighted by atomic mass is 15.1. The Morgan fingerprint density at radius 3 is 2.48 bits per heavy atom. The Morgan fingerprint density at radius 1 is 1.14 bits per heavy atom. The maximum absolute atomic E-state index is 6.41. The Bertz CT molecular complexity index is 557. The number of benzene rings is 1. The van der Waals surface area contributed by atoms with Crippen LogP contribution in [-0.2, 0) is 13.0 Å². The molecule has 0 aliphatic rings. The van der Waals surface area contributed by atoms with E-state index in [4.69, 9.17) is 10.7 Å². The molecule has 114 valence electrons. The molecule has 0 aliphatic carbocycles. The largest absolute Gasteiger partial charge is 0.384 e. The minimum Gasteiger partial charge on any atom is -0.384 e. The molecule has 2 rings (SSSR count). The summed E-state index contributed by atoms with van der Waals surface area (Å²) in [7, 11) is 0. The number of nitrogens with two attached hydrogens (primary N) is 1. The molecular formula is C18H27N3. The van der Waals surface area contributed by atoms with E-state index in [1.54, 1.807) is 0 Å². The average molecular weight is 285 g/mol. The molecule has 0 saturated heterocycles. The van der Waals surface area contributed by atoms with Gasteiger partial charge in [0.1, 0.15) is 11.6 Å². The minimum atomic E-state index is 0.240. The number of aromatic nitrogens is 2. The molecule has 3 nitrogen and oxygen atoms in total. The molecule has 1 atom stereocenters. The first-order chi connectivity index (χ1) is 10.2. The quantitative estimate of drug-likeness (QED) is 0.821. The highest BCUT2D eigenvalue weighted by Gasteiger charge is 2.19. The Morgan fingerprint density at radius 2 is 1.86 bits per heavy atom. The predicted molar refractivity (Wildman–Crippen MR) is 89.5 cm³/mol. The number of unbranched alkanes of at least 4 members (excludes halogenated alkanes) is 1. The van der Waals surface area contributed by atoms with E-state index >= 15 is 0 Å². The van der Waals surface area contributed by atoms with E-state index in [2.05, 4.69) is 49.6 Å². The fraction of sp³-hybridized carbons (Fsp3) is 0.500. The zero-order valence-electron chi connectivity index (χ0n) is 13.5. The Balaban J connectivity index is 2.35. The van der Waals surface area contributed by atoms with E-state index in [-0.39, 0.29) is 5.92 Å². The van der Waals surface area contributed by atoms with Crippen LogP contribution in [0.2, 0.25) is 0 Å². The predicted octanol–water partition coefficient (Wildman–Crippen LogP) is 4.37. The van der Waals surface area contributed by atoms with Crippen LogP contribution in [0, 0.1) is 0 Å². The van der Waals surface area contributed by atoms with E-state index in [0.29, 0.717) is 0 Å². The summed E-state index contributed by atoms with van der Waals surface area (Å²) in [6.07, 6.45) is 4.42. The molecule has 0 amide bonds. The summed E-state index contributed by atoms with van der Waals surface area (Å²) in [5, 5.41) is 0. The third-order valence-electron chi connectivity index (χ3n) is 4.03. The van der Waals surface area contributed by atoms with E-state index in [1.165, 1.54) is 12.0 Å². The molecule has 3 heteroatoms. The third-order valence-corrected chi connectivity index (χ3v) is 4.03. The second-order valence-corrected chi connectivity index (χ2v) is 5.69. The van der Waals surface area contributed by atoms with Crippen molar-refractivity contribution in [2.75, 3.05) is 5.73 Å². The smallest absolute Gasteiger partial charge is 0.127 e. The van der Waals surface area contributed by atoms with Gasteiger partial charge in [-0.1, -0.05) is 57.5 Å². The van der Waals surface area contributed by atoms with Crippen molar-refractivity contribution in [3.05, 3.63) is 47.4 Å². The number of hydrogen-bond acceptors (Lipinski definition) is 2. The Kier molecular flexibility index (Phi) is 5.43. The van der Waals surface area contributed by atoms with Gasteiger partial charge in [-0.15, -0.1) is 0 Å². The SMILES string of the molecule is CCCCn1c(CCC)nc(C(C)c2ccccc2)c1N. The van der Waals surface area contributed by atoms with Gasteiger partial charge in [-0.05, 0) is 18.4 Å². The average Bonchev–Trinajstić information content (AvgIpc) is 2.82. The molecule has 0 spiro atoms. The zero-order valence-corrected chi connectivity index (χ0v) is 13.5. The van der Waals surface area contributed by atoms with Gasteiger partial charge in [-0.2, -0.15) is 0 Å². The first-order valence-electron chi connectivity index (χ1n) is 8.08. The summed E-state index contributed by atoms with van der Waals surface area (Å²) >= 11 is 0. The van der Waals surface area contributed by atoms with Crippen molar-refractivity contribution in [3.63, 3.8) is 0 Å². The van der Waals surface area contributed by atoms with Crippen molar-refractivity contribution in [2.24, 2.45) is 0 Å². The summed E-state index contributed by atoms with van der Waals surface area (Å²) in [4.78, 5) is 4.87. The molecule has 0 fully saturated rings. The third kappa shape index (κ3) is 3.46. The zero-order chi connectivity index (χ0) is 15.2. The fourth-order valence-electron chi connectivity index (χ4n) is 2.73. The topological polar surface area (TPSA) is 43.8 Å². The standard InChI is InChI=1S/C18H27N3/c1-4-6-13-21-16(10-5-2)20-17(18(21)19)14(3)15-11-8-7-9-12-15/h7-9,11-12,14H,4-6,10,13,19H2,1-3H3. The van der Waals surface area contributed by atoms with Crippen LogP contribution in [0.5, 0.6) is 0 Å². The van der Waals surface area contributed by atoms with Gasteiger partial charge in [0.15, 0.2) is 0 Å². The number of anilines is 1. The normalized spacial score (nSPS) is 12.5. The summed E-state index contributed by atoms with van der Waals surface area (Å²) in [6, 6.07) is 10.5. The number of nitrogen functional groups attached to an aromatic ring is 1. The lowest BCUT2D eigenvalue weighted by molar-refractivity contribution is 0.604. The molecule has 1 unspecified atom stereocenters. The number of aryl methyl sites for hydroxylation is 1. The van der Waals surface area contributed by atoms with E-state index in [9.17, 15) is 0 Å². The van der Waals surface area contributed by atoms with Crippen molar-refractivity contribution >= 4 is 5.82 Å². The van der Waals surface area contributed by atoms with Crippen molar-refractivity contribution in [2.45, 2.75) is 58.9 Å². The van der Waals surface area contributed by atoms with Gasteiger partial charge in [0.25, 0.3) is 0 Å². The summed E-state index contributed by atoms with van der Waals surface area (Å²) < 4.78 is 2.22.